The number of benzene rings is 1. The van der Waals surface area contributed by atoms with Crippen molar-refractivity contribution in [3.05, 3.63) is 50.4 Å². The fourth-order valence-electron chi connectivity index (χ4n) is 2.08. The van der Waals surface area contributed by atoms with Crippen molar-refractivity contribution in [2.24, 2.45) is 0 Å². The van der Waals surface area contributed by atoms with Gasteiger partial charge >= 0.3 is 0 Å². The minimum atomic E-state index is -0.0249. The molecule has 0 saturated heterocycles. The molecule has 1 heterocycles. The number of nitrogens with zero attached hydrogens (tertiary/aromatic N) is 1. The van der Waals surface area contributed by atoms with Crippen molar-refractivity contribution in [2.45, 2.75) is 26.8 Å². The van der Waals surface area contributed by atoms with Crippen LogP contribution in [0.2, 0.25) is 0 Å². The fraction of sp³-hybridized carbons (Fsp3) is 0.333. The van der Waals surface area contributed by atoms with Crippen LogP contribution in [0.4, 0.5) is 0 Å². The molecule has 20 heavy (non-hydrogen) atoms. The van der Waals surface area contributed by atoms with E-state index in [1.807, 2.05) is 24.3 Å². The zero-order valence-electron chi connectivity index (χ0n) is 11.7. The van der Waals surface area contributed by atoms with Crippen molar-refractivity contribution in [3.8, 4) is 0 Å². The van der Waals surface area contributed by atoms with Gasteiger partial charge in [-0.3, -0.25) is 9.36 Å². The first-order valence-electron chi connectivity index (χ1n) is 6.71. The minimum absolute atomic E-state index is 0.0249. The summed E-state index contributed by atoms with van der Waals surface area (Å²) in [5.41, 5.74) is 0.769. The van der Waals surface area contributed by atoms with E-state index in [2.05, 4.69) is 24.9 Å². The quantitative estimate of drug-likeness (QED) is 0.845. The van der Waals surface area contributed by atoms with Crippen LogP contribution in [0.5, 0.6) is 0 Å². The molecule has 0 aliphatic carbocycles. The lowest BCUT2D eigenvalue weighted by Gasteiger charge is -2.10. The van der Waals surface area contributed by atoms with Gasteiger partial charge < -0.3 is 4.98 Å². The summed E-state index contributed by atoms with van der Waals surface area (Å²) in [6, 6.07) is 7.47. The second-order valence-electron chi connectivity index (χ2n) is 4.38. The number of aromatic amines is 1. The molecule has 1 N–H and O–H groups in total. The van der Waals surface area contributed by atoms with Gasteiger partial charge in [0.2, 0.25) is 0 Å². The molecule has 2 aromatic rings. The van der Waals surface area contributed by atoms with Gasteiger partial charge in [-0.1, -0.05) is 32.1 Å². The molecule has 0 amide bonds. The van der Waals surface area contributed by atoms with Crippen LogP contribution in [-0.2, 0) is 6.54 Å². The van der Waals surface area contributed by atoms with Crippen LogP contribution in [0, 0.1) is 4.77 Å². The lowest BCUT2D eigenvalue weighted by atomic mass is 10.2. The van der Waals surface area contributed by atoms with Crippen molar-refractivity contribution in [1.82, 2.24) is 9.55 Å². The molecule has 106 valence electrons. The summed E-state index contributed by atoms with van der Waals surface area (Å²) in [6.45, 7) is 4.75. The maximum absolute atomic E-state index is 12.5. The van der Waals surface area contributed by atoms with Crippen LogP contribution in [0.3, 0.4) is 0 Å². The predicted octanol–water partition coefficient (Wildman–Crippen LogP) is 4.11. The van der Waals surface area contributed by atoms with E-state index in [4.69, 9.17) is 12.2 Å². The Morgan fingerprint density at radius 3 is 2.85 bits per heavy atom. The van der Waals surface area contributed by atoms with Gasteiger partial charge in [0.05, 0.1) is 17.4 Å². The molecule has 0 aliphatic heterocycles. The molecule has 5 heteroatoms. The lowest BCUT2D eigenvalue weighted by molar-refractivity contribution is 0.743. The molecule has 0 radical (unpaired) electrons. The summed E-state index contributed by atoms with van der Waals surface area (Å²) in [6.07, 6.45) is 3.12. The summed E-state index contributed by atoms with van der Waals surface area (Å²) < 4.78 is 2.12. The van der Waals surface area contributed by atoms with Gasteiger partial charge in [-0.05, 0) is 36.5 Å². The number of para-hydroxylation sites is 1. The number of H-pyrrole nitrogens is 1. The highest BCUT2D eigenvalue weighted by atomic mass is 32.2. The Kier molecular flexibility index (Phi) is 5.20. The molecular weight excluding hydrogens is 288 g/mol. The third kappa shape index (κ3) is 3.22. The Labute approximate surface area is 127 Å². The molecule has 0 saturated carbocycles. The number of hydrogen-bond acceptors (Lipinski definition) is 3. The molecular formula is C15H18N2OS2. The third-order valence-corrected chi connectivity index (χ3v) is 4.24. The highest BCUT2D eigenvalue weighted by Gasteiger charge is 2.07. The average Bonchev–Trinajstić information content (AvgIpc) is 2.44. The Morgan fingerprint density at radius 2 is 2.15 bits per heavy atom. The second kappa shape index (κ2) is 6.90. The van der Waals surface area contributed by atoms with E-state index < -0.39 is 0 Å². The van der Waals surface area contributed by atoms with Gasteiger partial charge in [-0.25, -0.2) is 0 Å². The topological polar surface area (TPSA) is 37.8 Å². The van der Waals surface area contributed by atoms with Crippen molar-refractivity contribution < 1.29 is 0 Å². The molecule has 2 rings (SSSR count). The number of allylic oxidation sites excluding steroid dienone is 2. The summed E-state index contributed by atoms with van der Waals surface area (Å²) in [7, 11) is 0. The standard InChI is InChI=1S/C15H18N2OS2/c1-3-7-11(20-4-2)10-17-14(18)12-8-5-6-9-13(12)16-15(17)19/h5-9H,3-4,10H2,1-2H3,(H,16,19)/b11-7-. The van der Waals surface area contributed by atoms with E-state index in [-0.39, 0.29) is 5.56 Å². The number of thioether (sulfide) groups is 1. The molecule has 0 atom stereocenters. The second-order valence-corrected chi connectivity index (χ2v) is 6.16. The van der Waals surface area contributed by atoms with Gasteiger partial charge in [0.1, 0.15) is 0 Å². The van der Waals surface area contributed by atoms with Gasteiger partial charge in [0.25, 0.3) is 5.56 Å². The predicted molar refractivity (Wildman–Crippen MR) is 89.9 cm³/mol. The monoisotopic (exact) mass is 306 g/mol. The highest BCUT2D eigenvalue weighted by molar-refractivity contribution is 8.03. The van der Waals surface area contributed by atoms with Crippen LogP contribution >= 0.6 is 24.0 Å². The van der Waals surface area contributed by atoms with Crippen molar-refractivity contribution >= 4 is 34.9 Å². The van der Waals surface area contributed by atoms with E-state index in [1.165, 1.54) is 4.91 Å². The Morgan fingerprint density at radius 1 is 1.40 bits per heavy atom. The molecule has 0 unspecified atom stereocenters. The number of nitrogens with one attached hydrogen (secondary N) is 1. The lowest BCUT2D eigenvalue weighted by Crippen LogP contribution is -2.22. The van der Waals surface area contributed by atoms with Crippen LogP contribution in [0.1, 0.15) is 20.3 Å². The summed E-state index contributed by atoms with van der Waals surface area (Å²) in [5, 5.41) is 0.679. The first kappa shape index (κ1) is 15.1. The maximum Gasteiger partial charge on any atom is 0.262 e. The third-order valence-electron chi connectivity index (χ3n) is 2.96. The first-order valence-corrected chi connectivity index (χ1v) is 8.10. The molecule has 1 aromatic carbocycles. The number of hydrogen-bond donors (Lipinski definition) is 1. The summed E-state index contributed by atoms with van der Waals surface area (Å²) in [5.74, 6) is 0.991. The van der Waals surface area contributed by atoms with Crippen molar-refractivity contribution in [1.29, 1.82) is 0 Å². The van der Waals surface area contributed by atoms with Gasteiger partial charge in [0.15, 0.2) is 4.77 Å². The van der Waals surface area contributed by atoms with Crippen LogP contribution < -0.4 is 5.56 Å². The normalized spacial score (nSPS) is 12.0. The van der Waals surface area contributed by atoms with Crippen LogP contribution in [0.25, 0.3) is 10.9 Å². The van der Waals surface area contributed by atoms with Gasteiger partial charge in [0, 0.05) is 4.91 Å². The fourth-order valence-corrected chi connectivity index (χ4v) is 3.21. The van der Waals surface area contributed by atoms with E-state index in [9.17, 15) is 4.79 Å². The van der Waals surface area contributed by atoms with Gasteiger partial charge in [-0.2, -0.15) is 0 Å². The zero-order valence-corrected chi connectivity index (χ0v) is 13.3. The maximum atomic E-state index is 12.5. The average molecular weight is 306 g/mol. The van der Waals surface area contributed by atoms with Crippen molar-refractivity contribution in [3.63, 3.8) is 0 Å². The summed E-state index contributed by atoms with van der Waals surface area (Å²) >= 11 is 7.08. The molecule has 0 fully saturated rings. The summed E-state index contributed by atoms with van der Waals surface area (Å²) in [4.78, 5) is 16.9. The van der Waals surface area contributed by atoms with E-state index >= 15 is 0 Å². The number of aromatic nitrogens is 2. The van der Waals surface area contributed by atoms with Crippen LogP contribution in [0.15, 0.2) is 40.0 Å². The Bertz CT molecular complexity index is 743. The molecule has 1 aromatic heterocycles. The molecule has 0 spiro atoms. The smallest absolute Gasteiger partial charge is 0.262 e. The minimum Gasteiger partial charge on any atom is -0.332 e. The van der Waals surface area contributed by atoms with E-state index in [1.54, 1.807) is 16.3 Å². The zero-order chi connectivity index (χ0) is 14.5. The van der Waals surface area contributed by atoms with E-state index in [0.29, 0.717) is 16.7 Å². The van der Waals surface area contributed by atoms with Crippen molar-refractivity contribution in [2.75, 3.05) is 5.75 Å². The first-order chi connectivity index (χ1) is 9.67. The SMILES string of the molecule is CC/C=C(/Cn1c(=S)[nH]c2ccccc2c1=O)SCC. The van der Waals surface area contributed by atoms with E-state index in [0.717, 1.165) is 17.7 Å². The molecule has 3 nitrogen and oxygen atoms in total. The molecule has 0 bridgehead atoms. The number of fused-ring (bicyclic) bond motifs is 1. The van der Waals surface area contributed by atoms with Gasteiger partial charge in [-0.15, -0.1) is 11.8 Å². The van der Waals surface area contributed by atoms with Crippen LogP contribution in [-0.4, -0.2) is 15.3 Å². The Hall–Kier alpha value is -1.33. The highest BCUT2D eigenvalue weighted by Crippen LogP contribution is 2.18. The molecule has 0 aliphatic rings. The largest absolute Gasteiger partial charge is 0.332 e. The Balaban J connectivity index is 2.52. The number of rotatable bonds is 5.